The molecule has 2 unspecified atom stereocenters. The summed E-state index contributed by atoms with van der Waals surface area (Å²) in [5.41, 5.74) is 0.507. The van der Waals surface area contributed by atoms with Crippen LogP contribution >= 0.6 is 0 Å². The molecule has 1 saturated carbocycles. The minimum absolute atomic E-state index is 0.260. The molecule has 0 aromatic heterocycles. The summed E-state index contributed by atoms with van der Waals surface area (Å²) < 4.78 is 0. The molecule has 1 aliphatic carbocycles. The van der Waals surface area contributed by atoms with Gasteiger partial charge in [-0.1, -0.05) is 40.5 Å². The van der Waals surface area contributed by atoms with Gasteiger partial charge in [0, 0.05) is 31.5 Å². The molecule has 1 spiro atoms. The van der Waals surface area contributed by atoms with E-state index in [9.17, 15) is 4.79 Å². The number of piperidine rings is 1. The predicted octanol–water partition coefficient (Wildman–Crippen LogP) is 4.42. The highest BCUT2D eigenvalue weighted by Crippen LogP contribution is 2.50. The van der Waals surface area contributed by atoms with Gasteiger partial charge in [-0.3, -0.25) is 4.79 Å². The van der Waals surface area contributed by atoms with Gasteiger partial charge in [0.15, 0.2) is 0 Å². The molecule has 3 fully saturated rings. The Hall–Kier alpha value is -0.570. The first-order valence-corrected chi connectivity index (χ1v) is 10.8. The lowest BCUT2D eigenvalue weighted by Gasteiger charge is -2.61. The van der Waals surface area contributed by atoms with Gasteiger partial charge in [-0.15, -0.1) is 0 Å². The normalized spacial score (nSPS) is 27.2. The lowest BCUT2D eigenvalue weighted by atomic mass is 9.60. The van der Waals surface area contributed by atoms with E-state index in [-0.39, 0.29) is 5.91 Å². The van der Waals surface area contributed by atoms with Crippen LogP contribution in [0.2, 0.25) is 0 Å². The molecule has 25 heavy (non-hydrogen) atoms. The van der Waals surface area contributed by atoms with Crippen molar-refractivity contribution in [1.82, 2.24) is 9.80 Å². The van der Waals surface area contributed by atoms with E-state index in [2.05, 4.69) is 32.6 Å². The van der Waals surface area contributed by atoms with Gasteiger partial charge in [0.05, 0.1) is 0 Å². The molecule has 3 nitrogen and oxygen atoms in total. The molecule has 2 aliphatic heterocycles. The van der Waals surface area contributed by atoms with Crippen LogP contribution in [0.3, 0.4) is 0 Å². The van der Waals surface area contributed by atoms with Crippen molar-refractivity contribution in [2.24, 2.45) is 29.1 Å². The third-order valence-electron chi connectivity index (χ3n) is 7.95. The van der Waals surface area contributed by atoms with E-state index in [1.54, 1.807) is 6.92 Å². The molecule has 3 aliphatic rings. The van der Waals surface area contributed by atoms with Crippen molar-refractivity contribution < 1.29 is 4.79 Å². The predicted molar refractivity (Wildman–Crippen MR) is 104 cm³/mol. The van der Waals surface area contributed by atoms with Crippen LogP contribution in [0.4, 0.5) is 0 Å². The number of amides is 1. The Morgan fingerprint density at radius 1 is 1.04 bits per heavy atom. The zero-order chi connectivity index (χ0) is 18.2. The van der Waals surface area contributed by atoms with Gasteiger partial charge in [-0.25, -0.2) is 0 Å². The number of nitrogens with zero attached hydrogens (tertiary/aromatic N) is 2. The van der Waals surface area contributed by atoms with E-state index in [1.165, 1.54) is 51.6 Å². The van der Waals surface area contributed by atoms with Crippen LogP contribution in [-0.4, -0.2) is 47.9 Å². The maximum absolute atomic E-state index is 11.4. The molecule has 0 bridgehead atoms. The van der Waals surface area contributed by atoms with Crippen LogP contribution in [0.25, 0.3) is 0 Å². The van der Waals surface area contributed by atoms with Crippen molar-refractivity contribution in [3.63, 3.8) is 0 Å². The minimum atomic E-state index is 0.260. The molecular weight excluding hydrogens is 308 g/mol. The Morgan fingerprint density at radius 2 is 1.64 bits per heavy atom. The maximum Gasteiger partial charge on any atom is 0.219 e. The summed E-state index contributed by atoms with van der Waals surface area (Å²) >= 11 is 0. The van der Waals surface area contributed by atoms with E-state index in [4.69, 9.17) is 0 Å². The van der Waals surface area contributed by atoms with E-state index in [0.717, 1.165) is 42.8 Å². The van der Waals surface area contributed by atoms with Crippen LogP contribution < -0.4 is 0 Å². The highest BCUT2D eigenvalue weighted by molar-refractivity contribution is 5.74. The second kappa shape index (κ2) is 7.58. The van der Waals surface area contributed by atoms with Crippen LogP contribution in [0.1, 0.15) is 73.1 Å². The topological polar surface area (TPSA) is 23.6 Å². The molecular formula is C22H40N2O. The number of carbonyl (C=O) groups excluding carboxylic acids is 1. The monoisotopic (exact) mass is 348 g/mol. The van der Waals surface area contributed by atoms with Crippen LogP contribution in [-0.2, 0) is 4.79 Å². The lowest BCUT2D eigenvalue weighted by Crippen LogP contribution is -2.67. The molecule has 0 radical (unpaired) electrons. The van der Waals surface area contributed by atoms with Gasteiger partial charge < -0.3 is 9.80 Å². The smallest absolute Gasteiger partial charge is 0.219 e. The third kappa shape index (κ3) is 4.23. The average molecular weight is 349 g/mol. The van der Waals surface area contributed by atoms with E-state index in [1.807, 2.05) is 4.90 Å². The summed E-state index contributed by atoms with van der Waals surface area (Å²) in [7, 11) is 0. The molecule has 3 rings (SSSR count). The zero-order valence-electron chi connectivity index (χ0n) is 17.3. The van der Waals surface area contributed by atoms with Gasteiger partial charge in [0.25, 0.3) is 0 Å². The van der Waals surface area contributed by atoms with E-state index in [0.29, 0.717) is 5.41 Å². The van der Waals surface area contributed by atoms with Gasteiger partial charge in [-0.05, 0) is 62.4 Å². The Morgan fingerprint density at radius 3 is 2.16 bits per heavy atom. The Bertz CT molecular complexity index is 453. The van der Waals surface area contributed by atoms with Crippen molar-refractivity contribution in [2.75, 3.05) is 26.2 Å². The fraction of sp³-hybridized carbons (Fsp3) is 0.955. The largest absolute Gasteiger partial charge is 0.342 e. The SMILES string of the molecule is CC(=O)N1CC2(CC(N3CCC(C(C)CCC(C)C(C)C)CC3)C2)C1. The fourth-order valence-electron chi connectivity index (χ4n) is 5.39. The molecule has 144 valence electrons. The lowest BCUT2D eigenvalue weighted by molar-refractivity contribution is -0.156. The van der Waals surface area contributed by atoms with Gasteiger partial charge >= 0.3 is 0 Å². The molecule has 1 amide bonds. The summed E-state index contributed by atoms with van der Waals surface area (Å²) in [6.07, 6.45) is 8.29. The fourth-order valence-corrected chi connectivity index (χ4v) is 5.39. The molecule has 0 aromatic carbocycles. The molecule has 2 atom stereocenters. The third-order valence-corrected chi connectivity index (χ3v) is 7.95. The highest BCUT2D eigenvalue weighted by atomic mass is 16.2. The molecule has 3 heteroatoms. The van der Waals surface area contributed by atoms with E-state index < -0.39 is 0 Å². The second-order valence-electron chi connectivity index (χ2n) is 10.1. The van der Waals surface area contributed by atoms with Gasteiger partial charge in [0.1, 0.15) is 0 Å². The highest BCUT2D eigenvalue weighted by Gasteiger charge is 2.54. The maximum atomic E-state index is 11.4. The quantitative estimate of drug-likeness (QED) is 0.709. The number of rotatable bonds is 6. The summed E-state index contributed by atoms with van der Waals surface area (Å²) in [5, 5.41) is 0. The summed E-state index contributed by atoms with van der Waals surface area (Å²) in [5.74, 6) is 3.79. The first-order valence-electron chi connectivity index (χ1n) is 10.8. The van der Waals surface area contributed by atoms with Crippen LogP contribution in [0, 0.1) is 29.1 Å². The van der Waals surface area contributed by atoms with Crippen LogP contribution in [0.5, 0.6) is 0 Å². The van der Waals surface area contributed by atoms with E-state index >= 15 is 0 Å². The molecule has 0 N–H and O–H groups in total. The van der Waals surface area contributed by atoms with Crippen LogP contribution in [0.15, 0.2) is 0 Å². The average Bonchev–Trinajstić information content (AvgIpc) is 2.49. The van der Waals surface area contributed by atoms with Crippen molar-refractivity contribution in [1.29, 1.82) is 0 Å². The van der Waals surface area contributed by atoms with Gasteiger partial charge in [0.2, 0.25) is 5.91 Å². The summed E-state index contributed by atoms with van der Waals surface area (Å²) in [6.45, 7) is 16.0. The minimum Gasteiger partial charge on any atom is -0.342 e. The number of likely N-dealkylation sites (tertiary alicyclic amines) is 2. The zero-order valence-corrected chi connectivity index (χ0v) is 17.3. The van der Waals surface area contributed by atoms with Crippen molar-refractivity contribution in [3.05, 3.63) is 0 Å². The van der Waals surface area contributed by atoms with Crippen molar-refractivity contribution >= 4 is 5.91 Å². The van der Waals surface area contributed by atoms with Crippen molar-refractivity contribution in [3.8, 4) is 0 Å². The molecule has 2 heterocycles. The van der Waals surface area contributed by atoms with Crippen molar-refractivity contribution in [2.45, 2.75) is 79.2 Å². The number of hydrogen-bond acceptors (Lipinski definition) is 2. The standard InChI is InChI=1S/C22H40N2O/c1-16(2)17(3)6-7-18(4)20-8-10-23(11-9-20)21-12-22(13-21)14-24(15-22)19(5)25/h16-18,20-21H,6-15H2,1-5H3. The first kappa shape index (κ1) is 19.2. The number of carbonyl (C=O) groups is 1. The Balaban J connectivity index is 1.34. The Kier molecular flexibility index (Phi) is 5.82. The number of hydrogen-bond donors (Lipinski definition) is 0. The molecule has 0 aromatic rings. The summed E-state index contributed by atoms with van der Waals surface area (Å²) in [6, 6.07) is 0.811. The van der Waals surface area contributed by atoms with Gasteiger partial charge in [-0.2, -0.15) is 0 Å². The Labute approximate surface area is 155 Å². The second-order valence-corrected chi connectivity index (χ2v) is 10.1. The molecule has 2 saturated heterocycles. The first-order chi connectivity index (χ1) is 11.8. The summed E-state index contributed by atoms with van der Waals surface area (Å²) in [4.78, 5) is 16.2.